The van der Waals surface area contributed by atoms with Crippen LogP contribution in [-0.2, 0) is 6.18 Å². The Hall–Kier alpha value is -3.20. The van der Waals surface area contributed by atoms with Crippen molar-refractivity contribution < 1.29 is 22.9 Å². The van der Waals surface area contributed by atoms with E-state index in [-0.39, 0.29) is 17.9 Å². The second-order valence-corrected chi connectivity index (χ2v) is 7.51. The Morgan fingerprint density at radius 1 is 1.17 bits per heavy atom. The zero-order valence-electron chi connectivity index (χ0n) is 15.8. The third-order valence-corrected chi connectivity index (χ3v) is 5.25. The van der Waals surface area contributed by atoms with Crippen molar-refractivity contribution in [2.24, 2.45) is 0 Å². The van der Waals surface area contributed by atoms with E-state index in [1.807, 2.05) is 19.1 Å². The standard InChI is InChI=1S/C21H17F3N2O3S/c1-13-2-4-14(5-3-13)20(27)11-18(15-8-9-30-12-15)25-16-6-7-19(26(28)29)17(10-16)21(22,23)24/h2-10,12,18,25H,11H2,1H3. The summed E-state index contributed by atoms with van der Waals surface area (Å²) in [6.45, 7) is 1.90. The van der Waals surface area contributed by atoms with Gasteiger partial charge >= 0.3 is 6.18 Å². The van der Waals surface area contributed by atoms with Gasteiger partial charge in [0.25, 0.3) is 5.69 Å². The van der Waals surface area contributed by atoms with Crippen molar-refractivity contribution in [3.05, 3.63) is 91.7 Å². The van der Waals surface area contributed by atoms with Gasteiger partial charge in [0.2, 0.25) is 0 Å². The highest BCUT2D eigenvalue weighted by Gasteiger charge is 2.38. The van der Waals surface area contributed by atoms with E-state index in [1.54, 1.807) is 29.0 Å². The number of thiophene rings is 1. The maximum atomic E-state index is 13.3. The van der Waals surface area contributed by atoms with Crippen LogP contribution >= 0.6 is 11.3 Å². The molecule has 9 heteroatoms. The monoisotopic (exact) mass is 434 g/mol. The number of nitrogens with zero attached hydrogens (tertiary/aromatic N) is 1. The topological polar surface area (TPSA) is 72.2 Å². The summed E-state index contributed by atoms with van der Waals surface area (Å²) in [6.07, 6.45) is -4.87. The van der Waals surface area contributed by atoms with Crippen LogP contribution in [0.25, 0.3) is 0 Å². The molecule has 0 aliphatic carbocycles. The maximum absolute atomic E-state index is 13.3. The first kappa shape index (κ1) is 21.5. The van der Waals surface area contributed by atoms with Crippen LogP contribution in [0.1, 0.15) is 39.5 Å². The molecule has 3 rings (SSSR count). The Labute approximate surface area is 174 Å². The molecule has 0 saturated carbocycles. The second kappa shape index (κ2) is 8.66. The SMILES string of the molecule is Cc1ccc(C(=O)CC(Nc2ccc([N+](=O)[O-])c(C(F)(F)F)c2)c2ccsc2)cc1. The lowest BCUT2D eigenvalue weighted by Gasteiger charge is -2.20. The molecule has 30 heavy (non-hydrogen) atoms. The number of anilines is 1. The molecule has 0 aliphatic heterocycles. The fourth-order valence-electron chi connectivity index (χ4n) is 2.98. The number of aryl methyl sites for hydroxylation is 1. The number of alkyl halides is 3. The number of halogens is 3. The van der Waals surface area contributed by atoms with Crippen molar-refractivity contribution in [2.45, 2.75) is 25.6 Å². The molecule has 1 atom stereocenters. The quantitative estimate of drug-likeness (QED) is 0.265. The average Bonchev–Trinajstić information content (AvgIpc) is 3.22. The minimum absolute atomic E-state index is 0.0120. The fourth-order valence-corrected chi connectivity index (χ4v) is 3.70. The Balaban J connectivity index is 1.90. The van der Waals surface area contributed by atoms with Gasteiger partial charge in [-0.1, -0.05) is 29.8 Å². The van der Waals surface area contributed by atoms with Gasteiger partial charge in [-0.3, -0.25) is 14.9 Å². The smallest absolute Gasteiger partial charge is 0.378 e. The zero-order chi connectivity index (χ0) is 21.9. The van der Waals surface area contributed by atoms with Crippen molar-refractivity contribution in [1.82, 2.24) is 0 Å². The van der Waals surface area contributed by atoms with Crippen molar-refractivity contribution >= 4 is 28.5 Å². The van der Waals surface area contributed by atoms with Crippen LogP contribution in [0.3, 0.4) is 0 Å². The van der Waals surface area contributed by atoms with Gasteiger partial charge in [-0.25, -0.2) is 0 Å². The van der Waals surface area contributed by atoms with Crippen LogP contribution in [-0.4, -0.2) is 10.7 Å². The van der Waals surface area contributed by atoms with E-state index < -0.39 is 28.4 Å². The molecule has 2 aromatic carbocycles. The number of Topliss-reactive ketones (excluding diaryl/α,β-unsaturated/α-hetero) is 1. The van der Waals surface area contributed by atoms with Crippen LogP contribution in [0.4, 0.5) is 24.5 Å². The highest BCUT2D eigenvalue weighted by Crippen LogP contribution is 2.38. The van der Waals surface area contributed by atoms with Gasteiger partial charge in [0.05, 0.1) is 11.0 Å². The molecule has 0 bridgehead atoms. The third-order valence-electron chi connectivity index (χ3n) is 4.55. The normalized spacial score (nSPS) is 12.4. The Bertz CT molecular complexity index is 1050. The molecular formula is C21H17F3N2O3S. The third kappa shape index (κ3) is 5.04. The number of benzene rings is 2. The summed E-state index contributed by atoms with van der Waals surface area (Å²) < 4.78 is 39.8. The molecule has 0 fully saturated rings. The molecule has 0 amide bonds. The minimum Gasteiger partial charge on any atom is -0.378 e. The van der Waals surface area contributed by atoms with E-state index >= 15 is 0 Å². The summed E-state index contributed by atoms with van der Waals surface area (Å²) >= 11 is 1.40. The van der Waals surface area contributed by atoms with Crippen LogP contribution in [0.5, 0.6) is 0 Å². The fraction of sp³-hybridized carbons (Fsp3) is 0.190. The van der Waals surface area contributed by atoms with Gasteiger partial charge in [0.15, 0.2) is 5.78 Å². The molecule has 0 aliphatic rings. The van der Waals surface area contributed by atoms with Crippen LogP contribution < -0.4 is 5.32 Å². The van der Waals surface area contributed by atoms with Crippen LogP contribution in [0, 0.1) is 17.0 Å². The van der Waals surface area contributed by atoms with E-state index in [2.05, 4.69) is 5.32 Å². The first-order valence-electron chi connectivity index (χ1n) is 8.89. The minimum atomic E-state index is -4.88. The second-order valence-electron chi connectivity index (χ2n) is 6.73. The van der Waals surface area contributed by atoms with E-state index in [1.165, 1.54) is 17.4 Å². The summed E-state index contributed by atoms with van der Waals surface area (Å²) in [5.74, 6) is -0.170. The molecule has 3 aromatic rings. The molecular weight excluding hydrogens is 417 g/mol. The number of ketones is 1. The molecule has 0 radical (unpaired) electrons. The van der Waals surface area contributed by atoms with Crippen LogP contribution in [0.2, 0.25) is 0 Å². The average molecular weight is 434 g/mol. The van der Waals surface area contributed by atoms with E-state index in [0.717, 1.165) is 17.2 Å². The number of carbonyl (C=O) groups is 1. The lowest BCUT2D eigenvalue weighted by atomic mass is 9.98. The van der Waals surface area contributed by atoms with E-state index in [4.69, 9.17) is 0 Å². The van der Waals surface area contributed by atoms with E-state index in [0.29, 0.717) is 11.6 Å². The zero-order valence-corrected chi connectivity index (χ0v) is 16.6. The summed E-state index contributed by atoms with van der Waals surface area (Å²) in [5, 5.41) is 17.5. The molecule has 1 N–H and O–H groups in total. The van der Waals surface area contributed by atoms with Crippen molar-refractivity contribution in [2.75, 3.05) is 5.32 Å². The molecule has 0 saturated heterocycles. The van der Waals surface area contributed by atoms with Crippen LogP contribution in [0.15, 0.2) is 59.3 Å². The number of carbonyl (C=O) groups excluding carboxylic acids is 1. The first-order chi connectivity index (χ1) is 14.1. The molecule has 0 spiro atoms. The predicted octanol–water partition coefficient (Wildman–Crippen LogP) is 6.41. The summed E-state index contributed by atoms with van der Waals surface area (Å²) in [7, 11) is 0. The number of hydrogen-bond acceptors (Lipinski definition) is 5. The number of nitro groups is 1. The number of nitrogens with one attached hydrogen (secondary N) is 1. The van der Waals surface area contributed by atoms with Crippen molar-refractivity contribution in [3.8, 4) is 0 Å². The van der Waals surface area contributed by atoms with Gasteiger partial charge in [0, 0.05) is 23.7 Å². The highest BCUT2D eigenvalue weighted by molar-refractivity contribution is 7.08. The highest BCUT2D eigenvalue weighted by atomic mass is 32.1. The molecule has 156 valence electrons. The Kier molecular flexibility index (Phi) is 6.21. The predicted molar refractivity (Wildman–Crippen MR) is 109 cm³/mol. The molecule has 5 nitrogen and oxygen atoms in total. The molecule has 1 aromatic heterocycles. The van der Waals surface area contributed by atoms with E-state index in [9.17, 15) is 28.1 Å². The lowest BCUT2D eigenvalue weighted by molar-refractivity contribution is -0.388. The van der Waals surface area contributed by atoms with Gasteiger partial charge in [-0.15, -0.1) is 0 Å². The van der Waals surface area contributed by atoms with Gasteiger partial charge < -0.3 is 5.32 Å². The van der Waals surface area contributed by atoms with Gasteiger partial charge in [0.1, 0.15) is 5.56 Å². The first-order valence-corrected chi connectivity index (χ1v) is 9.83. The largest absolute Gasteiger partial charge is 0.423 e. The maximum Gasteiger partial charge on any atom is 0.423 e. The molecule has 1 heterocycles. The number of rotatable bonds is 7. The summed E-state index contributed by atoms with van der Waals surface area (Å²) in [5.41, 5.74) is -0.0672. The Morgan fingerprint density at radius 3 is 2.43 bits per heavy atom. The number of hydrogen-bond donors (Lipinski definition) is 1. The van der Waals surface area contributed by atoms with Gasteiger partial charge in [-0.05, 0) is 41.4 Å². The van der Waals surface area contributed by atoms with Crippen molar-refractivity contribution in [1.29, 1.82) is 0 Å². The van der Waals surface area contributed by atoms with Crippen molar-refractivity contribution in [3.63, 3.8) is 0 Å². The summed E-state index contributed by atoms with van der Waals surface area (Å²) in [6, 6.07) is 11.0. The number of nitro benzene ring substituents is 1. The summed E-state index contributed by atoms with van der Waals surface area (Å²) in [4.78, 5) is 22.6. The Morgan fingerprint density at radius 2 is 1.87 bits per heavy atom. The van der Waals surface area contributed by atoms with Gasteiger partial charge in [-0.2, -0.15) is 24.5 Å². The molecule has 1 unspecified atom stereocenters. The lowest BCUT2D eigenvalue weighted by Crippen LogP contribution is -2.16.